The summed E-state index contributed by atoms with van der Waals surface area (Å²) in [6.07, 6.45) is -0.0608. The fourth-order valence-electron chi connectivity index (χ4n) is 2.65. The standard InChI is InChI=1S/C19H21FN4O2S/c1-11(2)26-16-9-8-13(20)10-17(16)27-23-19(25)22-15-7-5-6-14-18(15)24(4)12(3)21-14/h5-11H,1-4H3,(H2,22,23,25). The number of fused-ring (bicyclic) bond motifs is 1. The molecule has 0 aliphatic heterocycles. The number of nitrogens with one attached hydrogen (secondary N) is 2. The first-order chi connectivity index (χ1) is 12.8. The zero-order valence-corrected chi connectivity index (χ0v) is 16.4. The number of aromatic nitrogens is 2. The van der Waals surface area contributed by atoms with Crippen molar-refractivity contribution < 1.29 is 13.9 Å². The van der Waals surface area contributed by atoms with Crippen LogP contribution in [0.2, 0.25) is 0 Å². The van der Waals surface area contributed by atoms with Crippen molar-refractivity contribution in [2.24, 2.45) is 7.05 Å². The number of nitrogens with zero attached hydrogens (tertiary/aromatic N) is 2. The van der Waals surface area contributed by atoms with E-state index in [4.69, 9.17) is 4.74 Å². The lowest BCUT2D eigenvalue weighted by Crippen LogP contribution is -2.23. The van der Waals surface area contributed by atoms with E-state index < -0.39 is 11.8 Å². The molecular formula is C19H21FN4O2S. The van der Waals surface area contributed by atoms with E-state index in [0.717, 1.165) is 28.8 Å². The van der Waals surface area contributed by atoms with Gasteiger partial charge in [-0.1, -0.05) is 6.07 Å². The first kappa shape index (κ1) is 19.0. The van der Waals surface area contributed by atoms with Gasteiger partial charge in [0.25, 0.3) is 0 Å². The van der Waals surface area contributed by atoms with Crippen molar-refractivity contribution in [3.63, 3.8) is 0 Å². The molecule has 0 unspecified atom stereocenters. The normalized spacial score (nSPS) is 11.0. The third kappa shape index (κ3) is 4.33. The van der Waals surface area contributed by atoms with Crippen molar-refractivity contribution >= 4 is 34.7 Å². The summed E-state index contributed by atoms with van der Waals surface area (Å²) in [6, 6.07) is 9.31. The van der Waals surface area contributed by atoms with Crippen LogP contribution in [0.5, 0.6) is 5.75 Å². The Morgan fingerprint density at radius 2 is 2.07 bits per heavy atom. The number of para-hydroxylation sites is 1. The number of rotatable bonds is 5. The number of amides is 2. The Morgan fingerprint density at radius 1 is 1.30 bits per heavy atom. The topological polar surface area (TPSA) is 68.2 Å². The van der Waals surface area contributed by atoms with Gasteiger partial charge in [0.2, 0.25) is 0 Å². The molecule has 3 aromatic rings. The molecule has 1 aromatic heterocycles. The van der Waals surface area contributed by atoms with Crippen LogP contribution in [0.25, 0.3) is 11.0 Å². The average molecular weight is 388 g/mol. The van der Waals surface area contributed by atoms with Crippen LogP contribution in [-0.4, -0.2) is 21.7 Å². The molecule has 8 heteroatoms. The monoisotopic (exact) mass is 388 g/mol. The highest BCUT2D eigenvalue weighted by Gasteiger charge is 2.13. The number of carbonyl (C=O) groups excluding carboxylic acids is 1. The second-order valence-corrected chi connectivity index (χ2v) is 7.16. The molecule has 6 nitrogen and oxygen atoms in total. The maximum Gasteiger partial charge on any atom is 0.329 e. The van der Waals surface area contributed by atoms with Crippen LogP contribution in [0.4, 0.5) is 14.9 Å². The minimum absolute atomic E-state index is 0.0608. The van der Waals surface area contributed by atoms with Gasteiger partial charge in [-0.2, -0.15) is 0 Å². The molecule has 27 heavy (non-hydrogen) atoms. The molecule has 0 radical (unpaired) electrons. The fourth-order valence-corrected chi connectivity index (χ4v) is 3.29. The smallest absolute Gasteiger partial charge is 0.329 e. The van der Waals surface area contributed by atoms with Crippen LogP contribution in [0, 0.1) is 12.7 Å². The average Bonchev–Trinajstić information content (AvgIpc) is 2.90. The molecule has 2 amide bonds. The third-order valence-electron chi connectivity index (χ3n) is 3.89. The molecule has 2 N–H and O–H groups in total. The number of halogens is 1. The predicted octanol–water partition coefficient (Wildman–Crippen LogP) is 4.64. The van der Waals surface area contributed by atoms with Crippen molar-refractivity contribution in [2.45, 2.75) is 31.8 Å². The second kappa shape index (κ2) is 7.87. The number of urea groups is 1. The minimum Gasteiger partial charge on any atom is -0.490 e. The van der Waals surface area contributed by atoms with Crippen LogP contribution < -0.4 is 14.8 Å². The first-order valence-corrected chi connectivity index (χ1v) is 9.29. The van der Waals surface area contributed by atoms with E-state index >= 15 is 0 Å². The summed E-state index contributed by atoms with van der Waals surface area (Å²) in [7, 11) is 1.89. The van der Waals surface area contributed by atoms with E-state index in [1.54, 1.807) is 6.07 Å². The van der Waals surface area contributed by atoms with Gasteiger partial charge < -0.3 is 14.6 Å². The number of imidazole rings is 1. The molecule has 0 spiro atoms. The van der Waals surface area contributed by atoms with Gasteiger partial charge in [0, 0.05) is 7.05 Å². The van der Waals surface area contributed by atoms with Gasteiger partial charge >= 0.3 is 6.03 Å². The van der Waals surface area contributed by atoms with Crippen LogP contribution >= 0.6 is 11.9 Å². The van der Waals surface area contributed by atoms with Crippen molar-refractivity contribution in [3.05, 3.63) is 48.0 Å². The largest absolute Gasteiger partial charge is 0.490 e. The second-order valence-electron chi connectivity index (χ2n) is 6.31. The molecule has 1 heterocycles. The minimum atomic E-state index is -0.425. The Morgan fingerprint density at radius 3 is 2.81 bits per heavy atom. The molecule has 0 aliphatic rings. The van der Waals surface area contributed by atoms with E-state index in [2.05, 4.69) is 15.0 Å². The van der Waals surface area contributed by atoms with Crippen molar-refractivity contribution in [2.75, 3.05) is 5.32 Å². The van der Waals surface area contributed by atoms with Crippen LogP contribution in [0.15, 0.2) is 41.3 Å². The molecule has 0 aliphatic carbocycles. The fraction of sp³-hybridized carbons (Fsp3) is 0.263. The Hall–Kier alpha value is -2.74. The number of hydrogen-bond donors (Lipinski definition) is 2. The SMILES string of the molecule is Cc1nc2cccc(NC(=O)NSc3cc(F)ccc3OC(C)C)c2n1C. The summed E-state index contributed by atoms with van der Waals surface area (Å²) >= 11 is 0.996. The lowest BCUT2D eigenvalue weighted by Gasteiger charge is -2.14. The maximum atomic E-state index is 13.6. The van der Waals surface area contributed by atoms with Crippen molar-refractivity contribution in [1.82, 2.24) is 14.3 Å². The number of aryl methyl sites for hydroxylation is 2. The van der Waals surface area contributed by atoms with Gasteiger partial charge in [-0.25, -0.2) is 14.2 Å². The number of ether oxygens (including phenoxy) is 1. The lowest BCUT2D eigenvalue weighted by atomic mass is 10.2. The van der Waals surface area contributed by atoms with E-state index in [-0.39, 0.29) is 6.10 Å². The summed E-state index contributed by atoms with van der Waals surface area (Å²) in [6.45, 7) is 5.67. The molecule has 3 rings (SSSR count). The molecule has 2 aromatic carbocycles. The summed E-state index contributed by atoms with van der Waals surface area (Å²) in [5.74, 6) is 0.969. The molecule has 0 fully saturated rings. The zero-order chi connectivity index (χ0) is 19.6. The quantitative estimate of drug-likeness (QED) is 0.625. The lowest BCUT2D eigenvalue weighted by molar-refractivity contribution is 0.236. The van der Waals surface area contributed by atoms with E-state index in [1.165, 1.54) is 12.1 Å². The first-order valence-electron chi connectivity index (χ1n) is 8.47. The zero-order valence-electron chi connectivity index (χ0n) is 15.5. The van der Waals surface area contributed by atoms with Crippen LogP contribution in [0.1, 0.15) is 19.7 Å². The van der Waals surface area contributed by atoms with E-state index in [1.807, 2.05) is 50.6 Å². The summed E-state index contributed by atoms with van der Waals surface area (Å²) in [4.78, 5) is 17.3. The highest BCUT2D eigenvalue weighted by molar-refractivity contribution is 7.98. The molecule has 142 valence electrons. The number of carbonyl (C=O) groups is 1. The predicted molar refractivity (Wildman–Crippen MR) is 106 cm³/mol. The van der Waals surface area contributed by atoms with Crippen molar-refractivity contribution in [3.8, 4) is 5.75 Å². The molecule has 0 atom stereocenters. The Balaban J connectivity index is 1.74. The molecular weight excluding hydrogens is 367 g/mol. The molecule has 0 bridgehead atoms. The summed E-state index contributed by atoms with van der Waals surface area (Å²) in [5.41, 5.74) is 2.29. The van der Waals surface area contributed by atoms with Crippen LogP contribution in [0.3, 0.4) is 0 Å². The van der Waals surface area contributed by atoms with Crippen LogP contribution in [-0.2, 0) is 7.05 Å². The highest BCUT2D eigenvalue weighted by Crippen LogP contribution is 2.29. The van der Waals surface area contributed by atoms with Gasteiger partial charge in [-0.15, -0.1) is 0 Å². The Bertz CT molecular complexity index is 987. The van der Waals surface area contributed by atoms with E-state index in [9.17, 15) is 9.18 Å². The van der Waals surface area contributed by atoms with Gasteiger partial charge in [-0.05, 0) is 63.1 Å². The number of benzene rings is 2. The summed E-state index contributed by atoms with van der Waals surface area (Å²) < 4.78 is 23.8. The van der Waals surface area contributed by atoms with E-state index in [0.29, 0.717) is 16.3 Å². The number of anilines is 1. The Labute approximate surface area is 161 Å². The van der Waals surface area contributed by atoms with Gasteiger partial charge in [0.15, 0.2) is 0 Å². The van der Waals surface area contributed by atoms with Gasteiger partial charge in [-0.3, -0.25) is 4.72 Å². The number of hydrogen-bond acceptors (Lipinski definition) is 4. The maximum absolute atomic E-state index is 13.6. The highest BCUT2D eigenvalue weighted by atomic mass is 32.2. The van der Waals surface area contributed by atoms with Gasteiger partial charge in [0.05, 0.1) is 27.7 Å². The Kier molecular flexibility index (Phi) is 5.55. The summed E-state index contributed by atoms with van der Waals surface area (Å²) in [5, 5.41) is 2.82. The third-order valence-corrected chi connectivity index (χ3v) is 4.71. The van der Waals surface area contributed by atoms with Gasteiger partial charge in [0.1, 0.15) is 17.4 Å². The van der Waals surface area contributed by atoms with Crippen molar-refractivity contribution in [1.29, 1.82) is 0 Å². The molecule has 0 saturated carbocycles. The molecule has 0 saturated heterocycles.